The van der Waals surface area contributed by atoms with E-state index in [0.29, 0.717) is 0 Å². The Labute approximate surface area is 153 Å². The molecule has 0 heterocycles. The van der Waals surface area contributed by atoms with E-state index in [2.05, 4.69) is 10.0 Å². The van der Waals surface area contributed by atoms with Crippen molar-refractivity contribution in [3.8, 4) is 0 Å². The Morgan fingerprint density at radius 2 is 1.81 bits per heavy atom. The van der Waals surface area contributed by atoms with Crippen molar-refractivity contribution < 1.29 is 17.6 Å². The second-order valence-corrected chi connectivity index (χ2v) is 7.84. The summed E-state index contributed by atoms with van der Waals surface area (Å²) in [5.41, 5.74) is 0.691. The molecule has 2 aromatic rings. The number of carbonyl (C=O) groups is 1. The average Bonchev–Trinajstić information content (AvgIpc) is 2.62. The molecule has 0 aliphatic carbocycles. The second kappa shape index (κ2) is 8.39. The predicted octanol–water partition coefficient (Wildman–Crippen LogP) is 1.77. The van der Waals surface area contributed by atoms with E-state index in [9.17, 15) is 17.6 Å². The van der Waals surface area contributed by atoms with E-state index in [1.807, 2.05) is 49.3 Å². The maximum atomic E-state index is 14.0. The summed E-state index contributed by atoms with van der Waals surface area (Å²) >= 11 is 0. The van der Waals surface area contributed by atoms with Gasteiger partial charge in [-0.15, -0.1) is 0 Å². The van der Waals surface area contributed by atoms with Crippen LogP contribution in [0.4, 0.5) is 4.39 Å². The SMILES string of the molecule is CNS(=O)(=O)c1ccc(F)c(C(=O)NCC(c2ccccc2)N(C)C)c1. The minimum absolute atomic E-state index is 0.104. The molecule has 140 valence electrons. The molecule has 1 unspecified atom stereocenters. The number of nitrogens with one attached hydrogen (secondary N) is 2. The van der Waals surface area contributed by atoms with Crippen molar-refractivity contribution in [3.05, 3.63) is 65.5 Å². The van der Waals surface area contributed by atoms with E-state index in [1.165, 1.54) is 7.05 Å². The van der Waals surface area contributed by atoms with Gasteiger partial charge in [-0.25, -0.2) is 17.5 Å². The maximum Gasteiger partial charge on any atom is 0.254 e. The van der Waals surface area contributed by atoms with Crippen LogP contribution in [-0.2, 0) is 10.0 Å². The number of benzene rings is 2. The van der Waals surface area contributed by atoms with Crippen molar-refractivity contribution >= 4 is 15.9 Å². The first kappa shape index (κ1) is 20.0. The van der Waals surface area contributed by atoms with Crippen molar-refractivity contribution in [2.75, 3.05) is 27.7 Å². The summed E-state index contributed by atoms with van der Waals surface area (Å²) in [5, 5.41) is 2.68. The van der Waals surface area contributed by atoms with Crippen molar-refractivity contribution in [1.82, 2.24) is 14.9 Å². The van der Waals surface area contributed by atoms with E-state index in [1.54, 1.807) is 0 Å². The Morgan fingerprint density at radius 3 is 2.38 bits per heavy atom. The number of sulfonamides is 1. The van der Waals surface area contributed by atoms with Gasteiger partial charge in [-0.1, -0.05) is 30.3 Å². The van der Waals surface area contributed by atoms with Crippen LogP contribution in [-0.4, -0.2) is 46.9 Å². The van der Waals surface area contributed by atoms with Crippen LogP contribution in [0.15, 0.2) is 53.4 Å². The fraction of sp³-hybridized carbons (Fsp3) is 0.278. The average molecular weight is 379 g/mol. The van der Waals surface area contributed by atoms with Crippen molar-refractivity contribution in [1.29, 1.82) is 0 Å². The van der Waals surface area contributed by atoms with Gasteiger partial charge in [0, 0.05) is 6.54 Å². The molecule has 1 atom stereocenters. The van der Waals surface area contributed by atoms with Crippen LogP contribution in [0.3, 0.4) is 0 Å². The standard InChI is InChI=1S/C18H22FN3O3S/c1-20-26(24,25)14-9-10-16(19)15(11-14)18(23)21-12-17(22(2)3)13-7-5-4-6-8-13/h4-11,17,20H,12H2,1-3H3,(H,21,23). The zero-order valence-corrected chi connectivity index (χ0v) is 15.7. The topological polar surface area (TPSA) is 78.5 Å². The lowest BCUT2D eigenvalue weighted by molar-refractivity contribution is 0.0937. The van der Waals surface area contributed by atoms with Gasteiger partial charge in [-0.3, -0.25) is 4.79 Å². The van der Waals surface area contributed by atoms with E-state index in [0.717, 1.165) is 23.8 Å². The molecule has 0 fully saturated rings. The smallest absolute Gasteiger partial charge is 0.254 e. The molecule has 0 spiro atoms. The first-order valence-corrected chi connectivity index (χ1v) is 9.47. The van der Waals surface area contributed by atoms with Crippen molar-refractivity contribution in [2.24, 2.45) is 0 Å². The highest BCUT2D eigenvalue weighted by Crippen LogP contribution is 2.18. The molecule has 8 heteroatoms. The lowest BCUT2D eigenvalue weighted by Crippen LogP contribution is -2.35. The molecular formula is C18H22FN3O3S. The molecular weight excluding hydrogens is 357 g/mol. The van der Waals surface area contributed by atoms with Gasteiger partial charge in [-0.2, -0.15) is 0 Å². The number of halogens is 1. The van der Waals surface area contributed by atoms with Gasteiger partial charge in [0.2, 0.25) is 10.0 Å². The Hall–Kier alpha value is -2.29. The largest absolute Gasteiger partial charge is 0.350 e. The number of rotatable bonds is 7. The van der Waals surface area contributed by atoms with Gasteiger partial charge in [0.1, 0.15) is 5.82 Å². The van der Waals surface area contributed by atoms with Crippen LogP contribution in [0.2, 0.25) is 0 Å². The fourth-order valence-electron chi connectivity index (χ4n) is 2.52. The second-order valence-electron chi connectivity index (χ2n) is 5.95. The van der Waals surface area contributed by atoms with Crippen molar-refractivity contribution in [3.63, 3.8) is 0 Å². The zero-order chi connectivity index (χ0) is 19.3. The van der Waals surface area contributed by atoms with Gasteiger partial charge in [-0.05, 0) is 44.9 Å². The van der Waals surface area contributed by atoms with Gasteiger partial charge in [0.15, 0.2) is 0 Å². The molecule has 0 radical (unpaired) electrons. The summed E-state index contributed by atoms with van der Waals surface area (Å²) in [7, 11) is 1.25. The minimum Gasteiger partial charge on any atom is -0.350 e. The summed E-state index contributed by atoms with van der Waals surface area (Å²) in [5.74, 6) is -1.45. The Balaban J connectivity index is 2.20. The first-order valence-electron chi connectivity index (χ1n) is 7.99. The van der Waals surface area contributed by atoms with Crippen LogP contribution < -0.4 is 10.0 Å². The molecule has 26 heavy (non-hydrogen) atoms. The molecule has 0 aromatic heterocycles. The predicted molar refractivity (Wildman–Crippen MR) is 97.8 cm³/mol. The number of hydrogen-bond donors (Lipinski definition) is 2. The Morgan fingerprint density at radius 1 is 1.15 bits per heavy atom. The number of likely N-dealkylation sites (N-methyl/N-ethyl adjacent to an activating group) is 1. The molecule has 2 rings (SSSR count). The lowest BCUT2D eigenvalue weighted by atomic mass is 10.1. The monoisotopic (exact) mass is 379 g/mol. The molecule has 0 aliphatic heterocycles. The number of carbonyl (C=O) groups excluding carboxylic acids is 1. The number of hydrogen-bond acceptors (Lipinski definition) is 4. The highest BCUT2D eigenvalue weighted by Gasteiger charge is 2.20. The molecule has 0 saturated carbocycles. The van der Waals surface area contributed by atoms with Gasteiger partial charge >= 0.3 is 0 Å². The van der Waals surface area contributed by atoms with Crippen LogP contribution in [0.5, 0.6) is 0 Å². The first-order chi connectivity index (χ1) is 12.3. The summed E-state index contributed by atoms with van der Waals surface area (Å²) in [6.45, 7) is 0.248. The van der Waals surface area contributed by atoms with E-state index >= 15 is 0 Å². The summed E-state index contributed by atoms with van der Waals surface area (Å²) in [4.78, 5) is 14.2. The van der Waals surface area contributed by atoms with Gasteiger partial charge < -0.3 is 10.2 Å². The third-order valence-corrected chi connectivity index (χ3v) is 5.44. The molecule has 2 aromatic carbocycles. The van der Waals surface area contributed by atoms with Crippen LogP contribution in [0, 0.1) is 5.82 Å². The van der Waals surface area contributed by atoms with E-state index in [4.69, 9.17) is 0 Å². The molecule has 2 N–H and O–H groups in total. The Kier molecular flexibility index (Phi) is 6.47. The zero-order valence-electron chi connectivity index (χ0n) is 14.9. The quantitative estimate of drug-likeness (QED) is 0.769. The molecule has 0 aliphatic rings. The van der Waals surface area contributed by atoms with Crippen LogP contribution >= 0.6 is 0 Å². The van der Waals surface area contributed by atoms with Crippen molar-refractivity contribution in [2.45, 2.75) is 10.9 Å². The Bertz CT molecular complexity index is 871. The summed E-state index contributed by atoms with van der Waals surface area (Å²) in [6, 6.07) is 12.6. The van der Waals surface area contributed by atoms with Crippen LogP contribution in [0.1, 0.15) is 22.0 Å². The highest BCUT2D eigenvalue weighted by atomic mass is 32.2. The third kappa shape index (κ3) is 4.66. The van der Waals surface area contributed by atoms with Crippen LogP contribution in [0.25, 0.3) is 0 Å². The summed E-state index contributed by atoms with van der Waals surface area (Å²) < 4.78 is 39.9. The molecule has 6 nitrogen and oxygen atoms in total. The maximum absolute atomic E-state index is 14.0. The van der Waals surface area contributed by atoms with Gasteiger partial charge in [0.05, 0.1) is 16.5 Å². The van der Waals surface area contributed by atoms with E-state index < -0.39 is 21.7 Å². The van der Waals surface area contributed by atoms with E-state index in [-0.39, 0.29) is 23.0 Å². The minimum atomic E-state index is -3.76. The van der Waals surface area contributed by atoms with Gasteiger partial charge in [0.25, 0.3) is 5.91 Å². The number of amides is 1. The molecule has 0 saturated heterocycles. The normalized spacial score (nSPS) is 12.8. The lowest BCUT2D eigenvalue weighted by Gasteiger charge is -2.25. The number of nitrogens with zero attached hydrogens (tertiary/aromatic N) is 1. The molecule has 0 bridgehead atoms. The fourth-order valence-corrected chi connectivity index (χ4v) is 3.28. The highest BCUT2D eigenvalue weighted by molar-refractivity contribution is 7.89. The summed E-state index contributed by atoms with van der Waals surface area (Å²) in [6.07, 6.45) is 0. The third-order valence-electron chi connectivity index (χ3n) is 4.03. The molecule has 1 amide bonds.